The van der Waals surface area contributed by atoms with Gasteiger partial charge in [-0.05, 0) is 12.1 Å². The Morgan fingerprint density at radius 1 is 1.47 bits per heavy atom. The second-order valence-corrected chi connectivity index (χ2v) is 4.03. The van der Waals surface area contributed by atoms with Crippen LogP contribution in [0.25, 0.3) is 0 Å². The highest BCUT2D eigenvalue weighted by atomic mass is 35.5. The van der Waals surface area contributed by atoms with Gasteiger partial charge >= 0.3 is 0 Å². The van der Waals surface area contributed by atoms with Crippen LogP contribution in [-0.4, -0.2) is 16.0 Å². The molecule has 1 aromatic carbocycles. The van der Waals surface area contributed by atoms with E-state index in [0.717, 1.165) is 0 Å². The van der Waals surface area contributed by atoms with Gasteiger partial charge < -0.3 is 9.84 Å². The molecule has 0 radical (unpaired) electrons. The van der Waals surface area contributed by atoms with Crippen molar-refractivity contribution in [3.63, 3.8) is 0 Å². The lowest BCUT2D eigenvalue weighted by Crippen LogP contribution is -2.23. The molecule has 2 rings (SSSR count). The molecule has 0 unspecified atom stereocenters. The maximum atomic E-state index is 11.9. The number of carbonyl (C=O) groups excluding carboxylic acids is 1. The van der Waals surface area contributed by atoms with Crippen LogP contribution in [0.5, 0.6) is 0 Å². The third-order valence-electron chi connectivity index (χ3n) is 2.32. The lowest BCUT2D eigenvalue weighted by atomic mass is 10.1. The Labute approximate surface area is 112 Å². The molecule has 2 aromatic rings. The van der Waals surface area contributed by atoms with Crippen molar-refractivity contribution < 1.29 is 14.2 Å². The largest absolute Gasteiger partial charge is 0.364 e. The lowest BCUT2D eigenvalue weighted by molar-refractivity contribution is -0.385. The molecule has 1 heterocycles. The van der Waals surface area contributed by atoms with Crippen LogP contribution < -0.4 is 5.32 Å². The second kappa shape index (κ2) is 5.49. The molecule has 0 fully saturated rings. The fourth-order valence-electron chi connectivity index (χ4n) is 1.44. The number of carbonyl (C=O) groups is 1. The summed E-state index contributed by atoms with van der Waals surface area (Å²) in [7, 11) is 0. The molecule has 0 aliphatic carbocycles. The van der Waals surface area contributed by atoms with Crippen LogP contribution in [0.2, 0.25) is 5.02 Å². The first-order chi connectivity index (χ1) is 9.08. The molecule has 1 aromatic heterocycles. The molecular weight excluding hydrogens is 274 g/mol. The third-order valence-corrected chi connectivity index (χ3v) is 2.56. The molecule has 1 N–H and O–H groups in total. The predicted octanol–water partition coefficient (Wildman–Crippen LogP) is 2.17. The normalized spacial score (nSPS) is 10.2. The van der Waals surface area contributed by atoms with Crippen molar-refractivity contribution in [2.45, 2.75) is 6.54 Å². The van der Waals surface area contributed by atoms with Gasteiger partial charge in [0.2, 0.25) is 0 Å². The maximum Gasteiger partial charge on any atom is 0.282 e. The molecule has 0 aliphatic rings. The lowest BCUT2D eigenvalue weighted by Gasteiger charge is -2.04. The molecule has 0 atom stereocenters. The molecule has 98 valence electrons. The Kier molecular flexibility index (Phi) is 3.76. The Hall–Kier alpha value is -2.41. The van der Waals surface area contributed by atoms with Crippen LogP contribution in [0.4, 0.5) is 5.69 Å². The molecule has 7 nitrogen and oxygen atoms in total. The van der Waals surface area contributed by atoms with E-state index in [-0.39, 0.29) is 22.8 Å². The third kappa shape index (κ3) is 3.08. The summed E-state index contributed by atoms with van der Waals surface area (Å²) in [5.41, 5.74) is 0.112. The van der Waals surface area contributed by atoms with E-state index < -0.39 is 10.8 Å². The monoisotopic (exact) mass is 281 g/mol. The van der Waals surface area contributed by atoms with E-state index >= 15 is 0 Å². The van der Waals surface area contributed by atoms with Gasteiger partial charge in [-0.1, -0.05) is 16.8 Å². The number of halogens is 1. The number of hydrogen-bond donors (Lipinski definition) is 1. The van der Waals surface area contributed by atoms with Gasteiger partial charge in [-0.15, -0.1) is 0 Å². The number of amides is 1. The molecule has 0 bridgehead atoms. The summed E-state index contributed by atoms with van der Waals surface area (Å²) in [6.07, 6.45) is 1.36. The number of benzene rings is 1. The Morgan fingerprint density at radius 2 is 2.26 bits per heavy atom. The van der Waals surface area contributed by atoms with Gasteiger partial charge in [-0.25, -0.2) is 0 Å². The van der Waals surface area contributed by atoms with Crippen molar-refractivity contribution in [3.05, 3.63) is 56.9 Å². The summed E-state index contributed by atoms with van der Waals surface area (Å²) in [6, 6.07) is 5.37. The average Bonchev–Trinajstić information content (AvgIpc) is 2.88. The van der Waals surface area contributed by atoms with E-state index in [0.29, 0.717) is 5.69 Å². The van der Waals surface area contributed by atoms with Crippen molar-refractivity contribution in [1.82, 2.24) is 10.5 Å². The first kappa shape index (κ1) is 13.0. The molecule has 19 heavy (non-hydrogen) atoms. The molecule has 0 saturated carbocycles. The highest BCUT2D eigenvalue weighted by molar-refractivity contribution is 6.31. The molecule has 8 heteroatoms. The van der Waals surface area contributed by atoms with Gasteiger partial charge in [0.1, 0.15) is 17.5 Å². The van der Waals surface area contributed by atoms with E-state index in [1.807, 2.05) is 0 Å². The van der Waals surface area contributed by atoms with Crippen LogP contribution in [0, 0.1) is 10.1 Å². The van der Waals surface area contributed by atoms with E-state index in [1.165, 1.54) is 24.5 Å². The zero-order valence-corrected chi connectivity index (χ0v) is 10.3. The van der Waals surface area contributed by atoms with Crippen LogP contribution in [-0.2, 0) is 6.54 Å². The topological polar surface area (TPSA) is 98.3 Å². The molecular formula is C11H8ClN3O4. The summed E-state index contributed by atoms with van der Waals surface area (Å²) < 4.78 is 4.60. The second-order valence-electron chi connectivity index (χ2n) is 3.59. The zero-order chi connectivity index (χ0) is 13.8. The standard InChI is InChI=1S/C11H8ClN3O4/c12-7-1-2-10(15(17)18)9(5-7)11(16)13-6-8-3-4-19-14-8/h1-5H,6H2,(H,13,16). The number of rotatable bonds is 4. The van der Waals surface area contributed by atoms with E-state index in [1.54, 1.807) is 6.07 Å². The Morgan fingerprint density at radius 3 is 2.89 bits per heavy atom. The van der Waals surface area contributed by atoms with Crippen molar-refractivity contribution in [1.29, 1.82) is 0 Å². The van der Waals surface area contributed by atoms with Crippen molar-refractivity contribution in [2.75, 3.05) is 0 Å². The summed E-state index contributed by atoms with van der Waals surface area (Å²) >= 11 is 5.74. The quantitative estimate of drug-likeness (QED) is 0.684. The van der Waals surface area contributed by atoms with Gasteiger partial charge in [-0.2, -0.15) is 0 Å². The van der Waals surface area contributed by atoms with E-state index in [4.69, 9.17) is 11.6 Å². The number of aromatic nitrogens is 1. The minimum atomic E-state index is -0.638. The number of nitro benzene ring substituents is 1. The number of nitrogens with one attached hydrogen (secondary N) is 1. The van der Waals surface area contributed by atoms with Crippen molar-refractivity contribution in [3.8, 4) is 0 Å². The first-order valence-electron chi connectivity index (χ1n) is 5.19. The minimum absolute atomic E-state index is 0.0963. The fourth-order valence-corrected chi connectivity index (χ4v) is 1.62. The predicted molar refractivity (Wildman–Crippen MR) is 65.8 cm³/mol. The molecule has 0 spiro atoms. The summed E-state index contributed by atoms with van der Waals surface area (Å²) in [5.74, 6) is -0.600. The first-order valence-corrected chi connectivity index (χ1v) is 5.57. The van der Waals surface area contributed by atoms with Gasteiger partial charge in [0, 0.05) is 17.2 Å². The Balaban J connectivity index is 2.18. The smallest absolute Gasteiger partial charge is 0.282 e. The highest BCUT2D eigenvalue weighted by Crippen LogP contribution is 2.22. The minimum Gasteiger partial charge on any atom is -0.364 e. The summed E-state index contributed by atoms with van der Waals surface area (Å²) in [6.45, 7) is 0.110. The number of nitrogens with zero attached hydrogens (tertiary/aromatic N) is 2. The summed E-state index contributed by atoms with van der Waals surface area (Å²) in [4.78, 5) is 22.1. The van der Waals surface area contributed by atoms with Crippen LogP contribution in [0.3, 0.4) is 0 Å². The average molecular weight is 282 g/mol. The molecule has 0 saturated heterocycles. The highest BCUT2D eigenvalue weighted by Gasteiger charge is 2.20. The van der Waals surface area contributed by atoms with Gasteiger partial charge in [-0.3, -0.25) is 14.9 Å². The molecule has 0 aliphatic heterocycles. The van der Waals surface area contributed by atoms with Crippen LogP contribution >= 0.6 is 11.6 Å². The van der Waals surface area contributed by atoms with Crippen molar-refractivity contribution >= 4 is 23.2 Å². The fraction of sp³-hybridized carbons (Fsp3) is 0.0909. The SMILES string of the molecule is O=C(NCc1ccon1)c1cc(Cl)ccc1[N+](=O)[O-]. The van der Waals surface area contributed by atoms with Gasteiger partial charge in [0.25, 0.3) is 11.6 Å². The van der Waals surface area contributed by atoms with Crippen LogP contribution in [0.15, 0.2) is 35.1 Å². The number of hydrogen-bond acceptors (Lipinski definition) is 5. The Bertz CT molecular complexity index is 612. The van der Waals surface area contributed by atoms with Crippen LogP contribution in [0.1, 0.15) is 16.1 Å². The van der Waals surface area contributed by atoms with Gasteiger partial charge in [0.15, 0.2) is 0 Å². The zero-order valence-electron chi connectivity index (χ0n) is 9.50. The number of nitro groups is 1. The van der Waals surface area contributed by atoms with Crippen molar-refractivity contribution in [2.24, 2.45) is 0 Å². The summed E-state index contributed by atoms with van der Waals surface area (Å²) in [5, 5.41) is 17.2. The van der Waals surface area contributed by atoms with Gasteiger partial charge in [0.05, 0.1) is 11.5 Å². The van der Waals surface area contributed by atoms with E-state index in [2.05, 4.69) is 15.0 Å². The maximum absolute atomic E-state index is 11.9. The van der Waals surface area contributed by atoms with E-state index in [9.17, 15) is 14.9 Å². The molecule has 1 amide bonds.